The van der Waals surface area contributed by atoms with Crippen molar-refractivity contribution in [1.29, 1.82) is 0 Å². The predicted molar refractivity (Wildman–Crippen MR) is 74.6 cm³/mol. The Hall–Kier alpha value is -2.00. The molecular weight excluding hydrogens is 292 g/mol. The highest BCUT2D eigenvalue weighted by Crippen LogP contribution is 2.44. The number of thiocarbonyl (C=S) groups is 1. The van der Waals surface area contributed by atoms with Crippen molar-refractivity contribution in [3.63, 3.8) is 0 Å². The molecule has 2 rings (SSSR count). The van der Waals surface area contributed by atoms with Gasteiger partial charge in [-0.15, -0.1) is 10.5 Å². The molecule has 0 aromatic heterocycles. The van der Waals surface area contributed by atoms with Gasteiger partial charge in [-0.25, -0.2) is 0 Å². The summed E-state index contributed by atoms with van der Waals surface area (Å²) in [6, 6.07) is 2.14. The maximum absolute atomic E-state index is 11.7. The third-order valence-electron chi connectivity index (χ3n) is 2.58. The Morgan fingerprint density at radius 3 is 2.58 bits per heavy atom. The van der Waals surface area contributed by atoms with Crippen LogP contribution >= 0.6 is 22.7 Å². The molecule has 3 N–H and O–H groups in total. The third-order valence-corrected chi connectivity index (χ3v) is 4.96. The summed E-state index contributed by atoms with van der Waals surface area (Å²) in [4.78, 5) is 21.6. The van der Waals surface area contributed by atoms with E-state index in [-0.39, 0.29) is 9.88 Å². The minimum Gasteiger partial charge on any atom is -0.504 e. The number of carbonyl (C=O) groups is 1. The Balaban J connectivity index is 2.58. The molecule has 0 spiro atoms. The smallest absolute Gasteiger partial charge is 0.314 e. The molecule has 0 radical (unpaired) electrons. The van der Waals surface area contributed by atoms with Gasteiger partial charge in [0.2, 0.25) is 11.7 Å². The fraction of sp³-hybridized carbons (Fsp3) is 0.100. The van der Waals surface area contributed by atoms with Crippen LogP contribution in [0.3, 0.4) is 0 Å². The Labute approximate surface area is 114 Å². The lowest BCUT2D eigenvalue weighted by Crippen LogP contribution is -2.20. The van der Waals surface area contributed by atoms with Gasteiger partial charge in [0.1, 0.15) is 9.57 Å². The zero-order valence-electron chi connectivity index (χ0n) is 9.32. The number of aromatic hydroxyl groups is 2. The molecule has 1 saturated heterocycles. The second-order valence-electron chi connectivity index (χ2n) is 3.75. The van der Waals surface area contributed by atoms with Gasteiger partial charge in [0.15, 0.2) is 5.75 Å². The standard InChI is InChI=1S/C10H8N2O5S2/c1-19-8(9(15)11-10(19)18)4-2-5(12(16)17)7(14)6(13)3-4/h2-3,8,13-14H,1H2,(H,11,15,18). The van der Waals surface area contributed by atoms with Crippen LogP contribution in [0.2, 0.25) is 0 Å². The summed E-state index contributed by atoms with van der Waals surface area (Å²) in [5, 5.41) is 31.3. The van der Waals surface area contributed by atoms with Gasteiger partial charge in [-0.3, -0.25) is 14.9 Å². The van der Waals surface area contributed by atoms with Gasteiger partial charge in [-0.2, -0.15) is 0 Å². The summed E-state index contributed by atoms with van der Waals surface area (Å²) >= 11 is 4.91. The van der Waals surface area contributed by atoms with Crippen molar-refractivity contribution in [2.24, 2.45) is 0 Å². The van der Waals surface area contributed by atoms with E-state index in [2.05, 4.69) is 11.2 Å². The first-order valence-electron chi connectivity index (χ1n) is 4.90. The molecule has 1 aliphatic heterocycles. The number of phenols is 2. The predicted octanol–water partition coefficient (Wildman–Crippen LogP) is 1.16. The number of nitrogens with zero attached hydrogens (tertiary/aromatic N) is 1. The molecule has 7 nitrogen and oxygen atoms in total. The number of hydrogen-bond donors (Lipinski definition) is 3. The van der Waals surface area contributed by atoms with Crippen molar-refractivity contribution in [1.82, 2.24) is 5.32 Å². The molecular formula is C10H8N2O5S2. The lowest BCUT2D eigenvalue weighted by atomic mass is 10.1. The summed E-state index contributed by atoms with van der Waals surface area (Å²) in [5.74, 6) is 1.82. The minimum absolute atomic E-state index is 0.192. The summed E-state index contributed by atoms with van der Waals surface area (Å²) in [5.41, 5.74) is -0.477. The first-order chi connectivity index (χ1) is 8.82. The van der Waals surface area contributed by atoms with E-state index in [9.17, 15) is 25.1 Å². The van der Waals surface area contributed by atoms with Crippen molar-refractivity contribution in [2.45, 2.75) is 5.25 Å². The van der Waals surface area contributed by atoms with Crippen LogP contribution in [-0.4, -0.2) is 31.2 Å². The van der Waals surface area contributed by atoms with E-state index in [4.69, 9.17) is 12.2 Å². The van der Waals surface area contributed by atoms with E-state index < -0.39 is 43.8 Å². The highest BCUT2D eigenvalue weighted by atomic mass is 32.2. The average Bonchev–Trinajstić information content (AvgIpc) is 2.56. The normalized spacial score (nSPS) is 22.3. The van der Waals surface area contributed by atoms with Crippen LogP contribution in [0.5, 0.6) is 11.5 Å². The Bertz CT molecular complexity index is 643. The molecule has 19 heavy (non-hydrogen) atoms. The summed E-state index contributed by atoms with van der Waals surface area (Å²) in [6.07, 6.45) is 0. The molecule has 0 saturated carbocycles. The summed E-state index contributed by atoms with van der Waals surface area (Å²) in [7, 11) is -0.867. The van der Waals surface area contributed by atoms with Crippen LogP contribution in [0.25, 0.3) is 0 Å². The maximum Gasteiger partial charge on any atom is 0.314 e. The second kappa shape index (κ2) is 4.59. The summed E-state index contributed by atoms with van der Waals surface area (Å²) in [6.45, 7) is 0. The van der Waals surface area contributed by atoms with Crippen molar-refractivity contribution in [2.75, 3.05) is 0 Å². The largest absolute Gasteiger partial charge is 0.504 e. The lowest BCUT2D eigenvalue weighted by molar-refractivity contribution is -0.386. The molecule has 1 fully saturated rings. The van der Waals surface area contributed by atoms with E-state index in [1.165, 1.54) is 0 Å². The zero-order chi connectivity index (χ0) is 14.3. The number of carbonyl (C=O) groups excluding carboxylic acids is 1. The van der Waals surface area contributed by atoms with Crippen LogP contribution in [-0.2, 0) is 4.79 Å². The van der Waals surface area contributed by atoms with Crippen LogP contribution in [0.15, 0.2) is 12.1 Å². The number of hydrogen-bond acceptors (Lipinski definition) is 6. The van der Waals surface area contributed by atoms with E-state index in [1.807, 2.05) is 0 Å². The van der Waals surface area contributed by atoms with E-state index in [1.54, 1.807) is 0 Å². The van der Waals surface area contributed by atoms with Gasteiger partial charge < -0.3 is 15.5 Å². The van der Waals surface area contributed by atoms with Gasteiger partial charge in [-0.1, -0.05) is 18.1 Å². The van der Waals surface area contributed by atoms with Crippen molar-refractivity contribution in [3.05, 3.63) is 27.8 Å². The highest BCUT2D eigenvalue weighted by Gasteiger charge is 2.35. The zero-order valence-corrected chi connectivity index (χ0v) is 11.0. The van der Waals surface area contributed by atoms with Crippen molar-refractivity contribution in [3.8, 4) is 11.5 Å². The third kappa shape index (κ3) is 2.17. The molecule has 1 aromatic carbocycles. The molecule has 1 aliphatic rings. The van der Waals surface area contributed by atoms with Crippen LogP contribution in [0.1, 0.15) is 10.8 Å². The van der Waals surface area contributed by atoms with E-state index in [0.717, 1.165) is 12.1 Å². The minimum atomic E-state index is -0.867. The number of benzene rings is 1. The van der Waals surface area contributed by atoms with Gasteiger partial charge in [-0.05, 0) is 11.6 Å². The van der Waals surface area contributed by atoms with Crippen LogP contribution < -0.4 is 5.32 Å². The number of amides is 1. The Kier molecular flexibility index (Phi) is 3.25. The molecule has 100 valence electrons. The van der Waals surface area contributed by atoms with Gasteiger partial charge in [0.25, 0.3) is 0 Å². The van der Waals surface area contributed by atoms with E-state index >= 15 is 0 Å². The number of rotatable bonds is 2. The first-order valence-corrected chi connectivity index (χ1v) is 6.77. The SMILES string of the molecule is C=S1C(=S)NC(=O)C1c1cc(O)c(O)c([N+](=O)[O-])c1. The molecule has 0 aliphatic carbocycles. The quantitative estimate of drug-likeness (QED) is 0.327. The number of nitro benzene ring substituents is 1. The Morgan fingerprint density at radius 2 is 2.11 bits per heavy atom. The van der Waals surface area contributed by atoms with Crippen LogP contribution in [0.4, 0.5) is 5.69 Å². The van der Waals surface area contributed by atoms with Crippen LogP contribution in [0, 0.1) is 10.1 Å². The van der Waals surface area contributed by atoms with Gasteiger partial charge in [0, 0.05) is 6.07 Å². The van der Waals surface area contributed by atoms with Crippen molar-refractivity contribution >= 4 is 44.5 Å². The molecule has 2 unspecified atom stereocenters. The summed E-state index contributed by atoms with van der Waals surface area (Å²) < 4.78 is 0.269. The number of nitro groups is 1. The number of phenolic OH excluding ortho intramolecular Hbond substituents is 2. The monoisotopic (exact) mass is 300 g/mol. The van der Waals surface area contributed by atoms with Gasteiger partial charge in [0.05, 0.1) is 4.92 Å². The fourth-order valence-corrected chi connectivity index (χ4v) is 3.32. The number of nitrogens with one attached hydrogen (secondary N) is 1. The molecule has 1 amide bonds. The first kappa shape index (κ1) is 13.4. The average molecular weight is 300 g/mol. The van der Waals surface area contributed by atoms with E-state index in [0.29, 0.717) is 0 Å². The van der Waals surface area contributed by atoms with Crippen molar-refractivity contribution < 1.29 is 19.9 Å². The molecule has 2 atom stereocenters. The maximum atomic E-state index is 11.7. The fourth-order valence-electron chi connectivity index (χ4n) is 1.70. The molecule has 0 bridgehead atoms. The molecule has 9 heteroatoms. The molecule has 1 aromatic rings. The Morgan fingerprint density at radius 1 is 1.47 bits per heavy atom. The second-order valence-corrected chi connectivity index (χ2v) is 6.15. The highest BCUT2D eigenvalue weighted by molar-refractivity contribution is 8.34. The topological polar surface area (TPSA) is 113 Å². The van der Waals surface area contributed by atoms with Gasteiger partial charge >= 0.3 is 5.69 Å². The lowest BCUT2D eigenvalue weighted by Gasteiger charge is -2.10. The molecule has 1 heterocycles.